The average Bonchev–Trinajstić information content (AvgIpc) is 2.98. The van der Waals surface area contributed by atoms with Crippen molar-refractivity contribution >= 4 is 17.8 Å². The summed E-state index contributed by atoms with van der Waals surface area (Å²) in [7, 11) is 0. The van der Waals surface area contributed by atoms with E-state index in [9.17, 15) is 9.59 Å². The lowest BCUT2D eigenvalue weighted by molar-refractivity contribution is -0.120. The highest BCUT2D eigenvalue weighted by molar-refractivity contribution is 5.94. The fraction of sp³-hybridized carbons (Fsp3) is 0.286. The fourth-order valence-electron chi connectivity index (χ4n) is 1.76. The molecule has 0 saturated carbocycles. The Morgan fingerprint density at radius 1 is 1.23 bits per heavy atom. The maximum absolute atomic E-state index is 11.7. The van der Waals surface area contributed by atoms with E-state index in [0.717, 1.165) is 11.4 Å². The third-order valence-electron chi connectivity index (χ3n) is 2.72. The van der Waals surface area contributed by atoms with E-state index in [4.69, 9.17) is 4.42 Å². The summed E-state index contributed by atoms with van der Waals surface area (Å²) in [5, 5.41) is 2.61. The first-order valence-corrected chi connectivity index (χ1v) is 6.72. The summed E-state index contributed by atoms with van der Waals surface area (Å²) in [6, 6.07) is 3.38. The molecule has 0 radical (unpaired) electrons. The highest BCUT2D eigenvalue weighted by Gasteiger charge is 2.08. The molecular weight excluding hydrogens is 286 g/mol. The number of carbonyl (C=O) groups is 2. The molecule has 22 heavy (non-hydrogen) atoms. The predicted molar refractivity (Wildman–Crippen MR) is 78.9 cm³/mol. The molecule has 2 rings (SSSR count). The van der Waals surface area contributed by atoms with Crippen LogP contribution in [0.15, 0.2) is 29.1 Å². The Morgan fingerprint density at radius 3 is 2.59 bits per heavy atom. The minimum Gasteiger partial charge on any atom is -0.472 e. The number of nitrogens with zero attached hydrogens (tertiary/aromatic N) is 2. The van der Waals surface area contributed by atoms with Gasteiger partial charge in [-0.05, 0) is 26.0 Å². The van der Waals surface area contributed by atoms with E-state index in [0.29, 0.717) is 11.5 Å². The second kappa shape index (κ2) is 7.21. The Hall–Kier alpha value is -2.90. The zero-order valence-electron chi connectivity index (χ0n) is 12.3. The SMILES string of the molecule is Cc1cc(C)nc(NNC(=O)CCNC(=O)c2ccoc2)n1. The highest BCUT2D eigenvalue weighted by Crippen LogP contribution is 2.02. The van der Waals surface area contributed by atoms with Crippen LogP contribution in [0.1, 0.15) is 28.2 Å². The summed E-state index contributed by atoms with van der Waals surface area (Å²) in [5.41, 5.74) is 7.14. The molecule has 0 saturated heterocycles. The monoisotopic (exact) mass is 303 g/mol. The molecule has 0 spiro atoms. The highest BCUT2D eigenvalue weighted by atomic mass is 16.3. The maximum atomic E-state index is 11.7. The Labute approximate surface area is 127 Å². The van der Waals surface area contributed by atoms with Crippen LogP contribution in [-0.2, 0) is 4.79 Å². The predicted octanol–water partition coefficient (Wildman–Crippen LogP) is 0.950. The number of aryl methyl sites for hydroxylation is 2. The summed E-state index contributed by atoms with van der Waals surface area (Å²) in [6.07, 6.45) is 2.88. The van der Waals surface area contributed by atoms with E-state index in [1.54, 1.807) is 6.07 Å². The third-order valence-corrected chi connectivity index (χ3v) is 2.72. The number of nitrogens with one attached hydrogen (secondary N) is 3. The molecule has 0 bridgehead atoms. The van der Waals surface area contributed by atoms with Gasteiger partial charge in [0.05, 0.1) is 11.8 Å². The lowest BCUT2D eigenvalue weighted by Gasteiger charge is -2.08. The van der Waals surface area contributed by atoms with E-state index < -0.39 is 0 Å². The molecule has 2 aromatic rings. The van der Waals surface area contributed by atoms with Crippen molar-refractivity contribution in [1.29, 1.82) is 0 Å². The fourth-order valence-corrected chi connectivity index (χ4v) is 1.76. The zero-order valence-corrected chi connectivity index (χ0v) is 12.3. The molecule has 0 aliphatic rings. The Kier molecular flexibility index (Phi) is 5.07. The van der Waals surface area contributed by atoms with Crippen LogP contribution in [0.5, 0.6) is 0 Å². The Balaban J connectivity index is 1.71. The summed E-state index contributed by atoms with van der Waals surface area (Å²) in [5.74, 6) is -0.240. The van der Waals surface area contributed by atoms with E-state index >= 15 is 0 Å². The van der Waals surface area contributed by atoms with Crippen LogP contribution in [0.25, 0.3) is 0 Å². The number of aromatic nitrogens is 2. The van der Waals surface area contributed by atoms with Crippen molar-refractivity contribution in [3.8, 4) is 0 Å². The van der Waals surface area contributed by atoms with Crippen molar-refractivity contribution in [1.82, 2.24) is 20.7 Å². The molecule has 0 fully saturated rings. The molecule has 8 heteroatoms. The molecule has 116 valence electrons. The number of amides is 2. The summed E-state index contributed by atoms with van der Waals surface area (Å²) >= 11 is 0. The molecule has 0 aliphatic heterocycles. The molecule has 8 nitrogen and oxygen atoms in total. The molecular formula is C14H17N5O3. The number of hydrogen-bond donors (Lipinski definition) is 3. The van der Waals surface area contributed by atoms with Gasteiger partial charge in [-0.15, -0.1) is 0 Å². The van der Waals surface area contributed by atoms with Crippen LogP contribution in [0.3, 0.4) is 0 Å². The second-order valence-corrected chi connectivity index (χ2v) is 4.67. The topological polar surface area (TPSA) is 109 Å². The van der Waals surface area contributed by atoms with E-state index in [2.05, 4.69) is 26.1 Å². The van der Waals surface area contributed by atoms with E-state index in [1.165, 1.54) is 12.5 Å². The first-order chi connectivity index (χ1) is 10.5. The number of anilines is 1. The molecule has 0 unspecified atom stereocenters. The lowest BCUT2D eigenvalue weighted by Crippen LogP contribution is -2.34. The minimum absolute atomic E-state index is 0.126. The largest absolute Gasteiger partial charge is 0.472 e. The van der Waals surface area contributed by atoms with Crippen LogP contribution in [0.2, 0.25) is 0 Å². The van der Waals surface area contributed by atoms with Gasteiger partial charge in [-0.1, -0.05) is 0 Å². The molecule has 0 aliphatic carbocycles. The molecule has 0 atom stereocenters. The Morgan fingerprint density at radius 2 is 1.95 bits per heavy atom. The van der Waals surface area contributed by atoms with Gasteiger partial charge in [-0.2, -0.15) is 0 Å². The van der Waals surface area contributed by atoms with E-state index in [1.807, 2.05) is 19.9 Å². The smallest absolute Gasteiger partial charge is 0.254 e. The first kappa shape index (κ1) is 15.5. The molecule has 0 aromatic carbocycles. The summed E-state index contributed by atoms with van der Waals surface area (Å²) < 4.78 is 4.81. The van der Waals surface area contributed by atoms with Gasteiger partial charge < -0.3 is 9.73 Å². The summed E-state index contributed by atoms with van der Waals surface area (Å²) in [4.78, 5) is 31.5. The maximum Gasteiger partial charge on any atom is 0.254 e. The first-order valence-electron chi connectivity index (χ1n) is 6.72. The molecule has 2 amide bonds. The number of rotatable bonds is 6. The molecule has 3 N–H and O–H groups in total. The second-order valence-electron chi connectivity index (χ2n) is 4.67. The lowest BCUT2D eigenvalue weighted by atomic mass is 10.3. The third kappa shape index (κ3) is 4.58. The van der Waals surface area contributed by atoms with Crippen molar-refractivity contribution < 1.29 is 14.0 Å². The number of hydrogen-bond acceptors (Lipinski definition) is 6. The van der Waals surface area contributed by atoms with Crippen molar-refractivity contribution in [2.45, 2.75) is 20.3 Å². The van der Waals surface area contributed by atoms with Gasteiger partial charge in [0, 0.05) is 24.4 Å². The minimum atomic E-state index is -0.285. The van der Waals surface area contributed by atoms with Crippen LogP contribution >= 0.6 is 0 Å². The van der Waals surface area contributed by atoms with Gasteiger partial charge in [0.25, 0.3) is 5.91 Å². The van der Waals surface area contributed by atoms with Gasteiger partial charge in [-0.3, -0.25) is 20.4 Å². The number of furan rings is 1. The van der Waals surface area contributed by atoms with Gasteiger partial charge in [-0.25, -0.2) is 9.97 Å². The van der Waals surface area contributed by atoms with Crippen molar-refractivity contribution in [2.24, 2.45) is 0 Å². The van der Waals surface area contributed by atoms with Crippen molar-refractivity contribution in [3.05, 3.63) is 41.6 Å². The quantitative estimate of drug-likeness (QED) is 0.685. The number of hydrazine groups is 1. The van der Waals surface area contributed by atoms with Gasteiger partial charge in [0.1, 0.15) is 6.26 Å². The van der Waals surface area contributed by atoms with Crippen LogP contribution in [0.4, 0.5) is 5.95 Å². The van der Waals surface area contributed by atoms with Crippen molar-refractivity contribution in [3.63, 3.8) is 0 Å². The normalized spacial score (nSPS) is 10.1. The molecule has 2 heterocycles. The zero-order chi connectivity index (χ0) is 15.9. The summed E-state index contributed by atoms with van der Waals surface area (Å²) in [6.45, 7) is 3.89. The molecule has 2 aromatic heterocycles. The van der Waals surface area contributed by atoms with Gasteiger partial charge in [0.15, 0.2) is 0 Å². The van der Waals surface area contributed by atoms with Crippen molar-refractivity contribution in [2.75, 3.05) is 12.0 Å². The van der Waals surface area contributed by atoms with Crippen LogP contribution < -0.4 is 16.2 Å². The van der Waals surface area contributed by atoms with Gasteiger partial charge in [0.2, 0.25) is 11.9 Å². The van der Waals surface area contributed by atoms with Gasteiger partial charge >= 0.3 is 0 Å². The van der Waals surface area contributed by atoms with Crippen LogP contribution in [-0.4, -0.2) is 28.3 Å². The average molecular weight is 303 g/mol. The number of carbonyl (C=O) groups excluding carboxylic acids is 2. The Bertz CT molecular complexity index is 634. The standard InChI is InChI=1S/C14H17N5O3/c1-9-7-10(2)17-14(16-9)19-18-12(20)3-5-15-13(21)11-4-6-22-8-11/h4,6-8H,3,5H2,1-2H3,(H,15,21)(H,18,20)(H,16,17,19). The van der Waals surface area contributed by atoms with E-state index in [-0.39, 0.29) is 24.8 Å². The van der Waals surface area contributed by atoms with Crippen LogP contribution in [0, 0.1) is 13.8 Å².